The number of urea groups is 1. The minimum Gasteiger partial charge on any atom is -0.508 e. The van der Waals surface area contributed by atoms with Crippen molar-refractivity contribution in [1.29, 1.82) is 0 Å². The number of hydrogen-bond acceptors (Lipinski definition) is 3. The molecule has 29 heavy (non-hydrogen) atoms. The fourth-order valence-corrected chi connectivity index (χ4v) is 4.25. The Morgan fingerprint density at radius 3 is 2.69 bits per heavy atom. The number of carbonyl (C=O) groups excluding carboxylic acids is 2. The average molecular weight is 393 g/mol. The molecule has 2 aliphatic heterocycles. The molecule has 2 heterocycles. The van der Waals surface area contributed by atoms with Crippen LogP contribution in [0, 0.1) is 0 Å². The van der Waals surface area contributed by atoms with Gasteiger partial charge in [0.25, 0.3) is 5.91 Å². The first-order valence-corrected chi connectivity index (χ1v) is 10.4. The summed E-state index contributed by atoms with van der Waals surface area (Å²) in [4.78, 5) is 28.9. The van der Waals surface area contributed by atoms with E-state index in [4.69, 9.17) is 0 Å². The highest BCUT2D eigenvalue weighted by molar-refractivity contribution is 5.98. The number of nitrogens with zero attached hydrogens (tertiary/aromatic N) is 2. The van der Waals surface area contributed by atoms with E-state index in [1.165, 1.54) is 5.56 Å². The predicted molar refractivity (Wildman–Crippen MR) is 112 cm³/mol. The van der Waals surface area contributed by atoms with Crippen LogP contribution in [0.5, 0.6) is 5.75 Å². The smallest absolute Gasteiger partial charge is 0.321 e. The van der Waals surface area contributed by atoms with Crippen molar-refractivity contribution in [3.8, 4) is 5.75 Å². The topological polar surface area (TPSA) is 72.9 Å². The number of aromatic hydroxyl groups is 1. The molecule has 6 nitrogen and oxygen atoms in total. The van der Waals surface area contributed by atoms with Gasteiger partial charge in [0.1, 0.15) is 5.75 Å². The molecule has 0 bridgehead atoms. The zero-order valence-corrected chi connectivity index (χ0v) is 16.5. The van der Waals surface area contributed by atoms with Gasteiger partial charge in [0.15, 0.2) is 0 Å². The largest absolute Gasteiger partial charge is 0.508 e. The third-order valence-corrected chi connectivity index (χ3v) is 5.85. The van der Waals surface area contributed by atoms with Gasteiger partial charge in [-0.25, -0.2) is 4.79 Å². The van der Waals surface area contributed by atoms with Gasteiger partial charge in [-0.15, -0.1) is 0 Å². The summed E-state index contributed by atoms with van der Waals surface area (Å²) in [6, 6.07) is 14.8. The monoisotopic (exact) mass is 393 g/mol. The normalized spacial score (nSPS) is 19.3. The summed E-state index contributed by atoms with van der Waals surface area (Å²) in [5.41, 5.74) is 2.57. The summed E-state index contributed by atoms with van der Waals surface area (Å²) < 4.78 is 0. The van der Waals surface area contributed by atoms with Crippen molar-refractivity contribution in [2.75, 3.05) is 24.5 Å². The standard InChI is InChI=1S/C23H27N3O3/c27-21-11-8-17(9-12-21)7-10-19-5-1-2-14-25(19)22(28)18-4-3-6-20(16-18)26-15-13-24-23(26)29/h3-4,6,8-9,11-12,16,19,27H,1-2,5,7,10,13-15H2,(H,24,29). The highest BCUT2D eigenvalue weighted by atomic mass is 16.3. The molecule has 2 aromatic carbocycles. The highest BCUT2D eigenvalue weighted by Gasteiger charge is 2.28. The Kier molecular flexibility index (Phi) is 5.69. The number of likely N-dealkylation sites (tertiary alicyclic amines) is 1. The van der Waals surface area contributed by atoms with Gasteiger partial charge in [-0.05, 0) is 68.0 Å². The Labute approximate surface area is 171 Å². The number of phenols is 1. The molecular formula is C23H27N3O3. The summed E-state index contributed by atoms with van der Waals surface area (Å²) in [6.45, 7) is 2.02. The summed E-state index contributed by atoms with van der Waals surface area (Å²) in [5.74, 6) is 0.316. The van der Waals surface area contributed by atoms with Gasteiger partial charge in [-0.1, -0.05) is 18.2 Å². The number of phenolic OH excluding ortho intramolecular Hbond substituents is 1. The maximum absolute atomic E-state index is 13.3. The van der Waals surface area contributed by atoms with Crippen LogP contribution in [-0.2, 0) is 6.42 Å². The van der Waals surface area contributed by atoms with Crippen LogP contribution in [0.2, 0.25) is 0 Å². The van der Waals surface area contributed by atoms with E-state index in [-0.39, 0.29) is 23.7 Å². The van der Waals surface area contributed by atoms with E-state index in [1.54, 1.807) is 17.0 Å². The maximum atomic E-state index is 13.3. The number of benzene rings is 2. The second-order valence-corrected chi connectivity index (χ2v) is 7.79. The van der Waals surface area contributed by atoms with E-state index in [2.05, 4.69) is 5.32 Å². The SMILES string of the molecule is O=C1NCCN1c1cccc(C(=O)N2CCCCC2CCc2ccc(O)cc2)c1. The number of rotatable bonds is 5. The van der Waals surface area contributed by atoms with Crippen molar-refractivity contribution in [3.63, 3.8) is 0 Å². The van der Waals surface area contributed by atoms with Crippen LogP contribution >= 0.6 is 0 Å². The van der Waals surface area contributed by atoms with Crippen LogP contribution in [0.3, 0.4) is 0 Å². The van der Waals surface area contributed by atoms with Crippen molar-refractivity contribution in [1.82, 2.24) is 10.2 Å². The van der Waals surface area contributed by atoms with E-state index >= 15 is 0 Å². The van der Waals surface area contributed by atoms with Gasteiger partial charge in [-0.2, -0.15) is 0 Å². The minimum atomic E-state index is -0.112. The average Bonchev–Trinajstić information content (AvgIpc) is 3.19. The number of piperidine rings is 1. The lowest BCUT2D eigenvalue weighted by molar-refractivity contribution is 0.0602. The van der Waals surface area contributed by atoms with Crippen LogP contribution < -0.4 is 10.2 Å². The molecule has 6 heteroatoms. The molecule has 0 aliphatic carbocycles. The number of hydrogen-bond donors (Lipinski definition) is 2. The lowest BCUT2D eigenvalue weighted by Crippen LogP contribution is -2.44. The summed E-state index contributed by atoms with van der Waals surface area (Å²) in [6.07, 6.45) is 4.96. The Morgan fingerprint density at radius 1 is 1.10 bits per heavy atom. The number of anilines is 1. The molecule has 2 saturated heterocycles. The fourth-order valence-electron chi connectivity index (χ4n) is 4.25. The van der Waals surface area contributed by atoms with Gasteiger partial charge >= 0.3 is 6.03 Å². The van der Waals surface area contributed by atoms with Gasteiger partial charge in [0, 0.05) is 36.9 Å². The van der Waals surface area contributed by atoms with Crippen molar-refractivity contribution >= 4 is 17.6 Å². The van der Waals surface area contributed by atoms with Gasteiger partial charge in [0.2, 0.25) is 0 Å². The summed E-state index contributed by atoms with van der Waals surface area (Å²) in [7, 11) is 0. The Morgan fingerprint density at radius 2 is 1.93 bits per heavy atom. The number of amides is 3. The van der Waals surface area contributed by atoms with Crippen molar-refractivity contribution in [2.45, 2.75) is 38.1 Å². The van der Waals surface area contributed by atoms with E-state index in [9.17, 15) is 14.7 Å². The number of aryl methyl sites for hydroxylation is 1. The quantitative estimate of drug-likeness (QED) is 0.816. The molecule has 2 aromatic rings. The Balaban J connectivity index is 1.47. The number of nitrogens with one attached hydrogen (secondary N) is 1. The van der Waals surface area contributed by atoms with E-state index in [0.717, 1.165) is 44.3 Å². The van der Waals surface area contributed by atoms with E-state index < -0.39 is 0 Å². The molecular weight excluding hydrogens is 366 g/mol. The van der Waals surface area contributed by atoms with Gasteiger partial charge < -0.3 is 15.3 Å². The van der Waals surface area contributed by atoms with Crippen molar-refractivity contribution < 1.29 is 14.7 Å². The first-order chi connectivity index (χ1) is 14.1. The minimum absolute atomic E-state index is 0.0434. The van der Waals surface area contributed by atoms with Crippen LogP contribution in [0.15, 0.2) is 48.5 Å². The highest BCUT2D eigenvalue weighted by Crippen LogP contribution is 2.26. The molecule has 0 saturated carbocycles. The molecule has 1 unspecified atom stereocenters. The lowest BCUT2D eigenvalue weighted by Gasteiger charge is -2.36. The Hall–Kier alpha value is -3.02. The van der Waals surface area contributed by atoms with E-state index in [1.807, 2.05) is 41.3 Å². The second-order valence-electron chi connectivity index (χ2n) is 7.79. The van der Waals surface area contributed by atoms with Crippen molar-refractivity contribution in [2.24, 2.45) is 0 Å². The molecule has 0 spiro atoms. The summed E-state index contributed by atoms with van der Waals surface area (Å²) >= 11 is 0. The molecule has 4 rings (SSSR count). The fraction of sp³-hybridized carbons (Fsp3) is 0.391. The molecule has 2 aliphatic rings. The second kappa shape index (κ2) is 8.55. The third kappa shape index (κ3) is 4.36. The summed E-state index contributed by atoms with van der Waals surface area (Å²) in [5, 5.41) is 12.2. The Bertz CT molecular complexity index is 881. The first-order valence-electron chi connectivity index (χ1n) is 10.4. The number of carbonyl (C=O) groups is 2. The third-order valence-electron chi connectivity index (χ3n) is 5.85. The van der Waals surface area contributed by atoms with Crippen LogP contribution in [0.1, 0.15) is 41.6 Å². The zero-order valence-electron chi connectivity index (χ0n) is 16.5. The molecule has 152 valence electrons. The van der Waals surface area contributed by atoms with Crippen LogP contribution in [0.25, 0.3) is 0 Å². The predicted octanol–water partition coefficient (Wildman–Crippen LogP) is 3.55. The van der Waals surface area contributed by atoms with Crippen LogP contribution in [-0.4, -0.2) is 47.6 Å². The zero-order chi connectivity index (χ0) is 20.2. The van der Waals surface area contributed by atoms with Crippen molar-refractivity contribution in [3.05, 3.63) is 59.7 Å². The van der Waals surface area contributed by atoms with Gasteiger partial charge in [0.05, 0.1) is 0 Å². The molecule has 1 atom stereocenters. The maximum Gasteiger partial charge on any atom is 0.321 e. The molecule has 2 N–H and O–H groups in total. The van der Waals surface area contributed by atoms with Gasteiger partial charge in [-0.3, -0.25) is 9.69 Å². The lowest BCUT2D eigenvalue weighted by atomic mass is 9.95. The molecule has 2 fully saturated rings. The molecule has 0 radical (unpaired) electrons. The molecule has 3 amide bonds. The molecule has 0 aromatic heterocycles. The van der Waals surface area contributed by atoms with Crippen LogP contribution in [0.4, 0.5) is 10.5 Å². The first kappa shape index (κ1) is 19.3. The van der Waals surface area contributed by atoms with E-state index in [0.29, 0.717) is 18.7 Å².